The van der Waals surface area contributed by atoms with Gasteiger partial charge in [-0.15, -0.1) is 0 Å². The molecule has 0 aromatic heterocycles. The molecule has 2 saturated heterocycles. The molecule has 85 heavy (non-hydrogen) atoms. The third kappa shape index (κ3) is 40.3. The van der Waals surface area contributed by atoms with Crippen LogP contribution < -0.4 is 5.32 Å². The molecule has 2 aliphatic rings. The third-order valence-corrected chi connectivity index (χ3v) is 17.3. The van der Waals surface area contributed by atoms with Gasteiger partial charge in [-0.1, -0.05) is 294 Å². The smallest absolute Gasteiger partial charge is 0.220 e. The van der Waals surface area contributed by atoms with Gasteiger partial charge in [0, 0.05) is 6.42 Å². The number of hydrogen-bond donors (Lipinski definition) is 9. The number of aliphatic hydroxyl groups is 8. The summed E-state index contributed by atoms with van der Waals surface area (Å²) in [5, 5.41) is 87.7. The van der Waals surface area contributed by atoms with Crippen molar-refractivity contribution in [3.05, 3.63) is 48.6 Å². The largest absolute Gasteiger partial charge is 0.394 e. The number of hydrogen-bond acceptors (Lipinski definition) is 13. The van der Waals surface area contributed by atoms with E-state index in [9.17, 15) is 45.6 Å². The van der Waals surface area contributed by atoms with E-state index in [4.69, 9.17) is 18.9 Å². The molecule has 12 unspecified atom stereocenters. The molecule has 0 spiro atoms. The van der Waals surface area contributed by atoms with E-state index in [1.54, 1.807) is 0 Å². The summed E-state index contributed by atoms with van der Waals surface area (Å²) in [6.45, 7) is 2.79. The fraction of sp³-hybridized carbons (Fsp3) is 0.873. The third-order valence-electron chi connectivity index (χ3n) is 17.3. The first-order chi connectivity index (χ1) is 41.6. The highest BCUT2D eigenvalue weighted by Gasteiger charge is 2.51. The lowest BCUT2D eigenvalue weighted by molar-refractivity contribution is -0.359. The zero-order valence-corrected chi connectivity index (χ0v) is 54.1. The highest BCUT2D eigenvalue weighted by molar-refractivity contribution is 5.76. The van der Waals surface area contributed by atoms with E-state index in [0.29, 0.717) is 12.8 Å². The van der Waals surface area contributed by atoms with Crippen LogP contribution in [0.5, 0.6) is 0 Å². The second-order valence-electron chi connectivity index (χ2n) is 25.0. The molecular formula is C71H131NO13. The standard InChI is InChI=1S/C71H131NO13/c1-3-5-7-9-11-13-15-17-19-21-23-25-27-29-31-32-34-36-38-40-42-44-46-48-50-52-54-60(75)59(58-82-70-68(81)66(79)69(62(57-74)84-70)85-71-67(80)65(78)64(77)61(56-73)83-71)72-63(76)55-53-51-49-47-45-43-41-39-37-35-33-30-28-26-24-22-20-18-16-14-12-10-8-6-4-2/h6,8,12,14,18,20,24,26,59-62,64-71,73-75,77-81H,3-5,7,9-11,13,15-17,19,21-23,25,27-58H2,1-2H3,(H,72,76)/b8-6-,14-12-,20-18-,26-24-. The van der Waals surface area contributed by atoms with Gasteiger partial charge in [-0.05, 0) is 51.4 Å². The van der Waals surface area contributed by atoms with E-state index in [1.165, 1.54) is 193 Å². The Morgan fingerprint density at radius 2 is 0.812 bits per heavy atom. The van der Waals surface area contributed by atoms with Gasteiger partial charge in [0.2, 0.25) is 5.91 Å². The Kier molecular flexibility index (Phi) is 52.1. The number of unbranched alkanes of at least 4 members (excludes halogenated alkanes) is 37. The molecule has 2 heterocycles. The van der Waals surface area contributed by atoms with Crippen molar-refractivity contribution < 1.29 is 64.6 Å². The van der Waals surface area contributed by atoms with Crippen LogP contribution in [-0.4, -0.2) is 140 Å². The molecular weight excluding hydrogens is 1070 g/mol. The van der Waals surface area contributed by atoms with E-state index in [1.807, 2.05) is 0 Å². The molecule has 1 amide bonds. The van der Waals surface area contributed by atoms with Crippen LogP contribution >= 0.6 is 0 Å². The average molecular weight is 1210 g/mol. The van der Waals surface area contributed by atoms with E-state index >= 15 is 0 Å². The van der Waals surface area contributed by atoms with Crippen molar-refractivity contribution in [2.45, 2.75) is 376 Å². The summed E-state index contributed by atoms with van der Waals surface area (Å²) in [5.41, 5.74) is 0. The Balaban J connectivity index is 1.67. The van der Waals surface area contributed by atoms with Gasteiger partial charge in [-0.25, -0.2) is 0 Å². The number of amides is 1. The zero-order chi connectivity index (χ0) is 61.6. The maximum Gasteiger partial charge on any atom is 0.220 e. The Morgan fingerprint density at radius 1 is 0.435 bits per heavy atom. The lowest BCUT2D eigenvalue weighted by Gasteiger charge is -2.46. The Hall–Kier alpha value is -2.05. The van der Waals surface area contributed by atoms with Crippen molar-refractivity contribution in [1.82, 2.24) is 5.32 Å². The number of allylic oxidation sites excluding steroid dienone is 8. The molecule has 0 aromatic carbocycles. The maximum absolute atomic E-state index is 13.4. The minimum Gasteiger partial charge on any atom is -0.394 e. The Labute approximate surface area is 518 Å². The number of carbonyl (C=O) groups excluding carboxylic acids is 1. The first kappa shape index (κ1) is 79.0. The molecule has 2 rings (SSSR count). The Bertz CT molecular complexity index is 1610. The molecule has 2 aliphatic heterocycles. The van der Waals surface area contributed by atoms with Gasteiger partial charge in [0.1, 0.15) is 48.8 Å². The molecule has 0 saturated carbocycles. The SMILES string of the molecule is CC/C=C\C/C=C\C/C=C\C/C=C\CCCCCCCCCCCCCCC(=O)NC(COC1OC(CO)C(OC2OC(CO)C(O)C(O)C2O)C(O)C1O)C(O)CCCCCCCCCCCCCCCCCCCCCCCCCCCC. The summed E-state index contributed by atoms with van der Waals surface area (Å²) >= 11 is 0. The van der Waals surface area contributed by atoms with Gasteiger partial charge < -0.3 is 65.1 Å². The topological polar surface area (TPSA) is 228 Å². The normalized spacial score (nSPS) is 23.8. The van der Waals surface area contributed by atoms with Gasteiger partial charge in [-0.3, -0.25) is 4.79 Å². The van der Waals surface area contributed by atoms with Crippen molar-refractivity contribution >= 4 is 5.91 Å². The van der Waals surface area contributed by atoms with Crippen molar-refractivity contribution in [3.8, 4) is 0 Å². The predicted octanol–water partition coefficient (Wildman–Crippen LogP) is 14.3. The van der Waals surface area contributed by atoms with Crippen molar-refractivity contribution in [2.75, 3.05) is 19.8 Å². The molecule has 0 aliphatic carbocycles. The summed E-state index contributed by atoms with van der Waals surface area (Å²) in [5.74, 6) is -0.206. The minimum absolute atomic E-state index is 0.206. The van der Waals surface area contributed by atoms with E-state index in [2.05, 4.69) is 67.8 Å². The second kappa shape index (κ2) is 56.0. The van der Waals surface area contributed by atoms with Crippen LogP contribution in [-0.2, 0) is 23.7 Å². The Morgan fingerprint density at radius 3 is 1.25 bits per heavy atom. The van der Waals surface area contributed by atoms with Gasteiger partial charge in [0.25, 0.3) is 0 Å². The average Bonchev–Trinajstić information content (AvgIpc) is 3.29. The number of aliphatic hydroxyl groups excluding tert-OH is 8. The maximum atomic E-state index is 13.4. The molecule has 2 fully saturated rings. The van der Waals surface area contributed by atoms with Crippen LogP contribution in [0.4, 0.5) is 0 Å². The summed E-state index contributed by atoms with van der Waals surface area (Å²) in [7, 11) is 0. The van der Waals surface area contributed by atoms with Gasteiger partial charge >= 0.3 is 0 Å². The summed E-state index contributed by atoms with van der Waals surface area (Å²) < 4.78 is 22.9. The molecule has 14 nitrogen and oxygen atoms in total. The molecule has 0 aromatic rings. The number of carbonyl (C=O) groups is 1. The van der Waals surface area contributed by atoms with Crippen LogP contribution in [0.3, 0.4) is 0 Å². The minimum atomic E-state index is -1.78. The van der Waals surface area contributed by atoms with Gasteiger partial charge in [0.05, 0.1) is 32.0 Å². The molecule has 14 heteroatoms. The first-order valence-electron chi connectivity index (χ1n) is 35.4. The highest BCUT2D eigenvalue weighted by Crippen LogP contribution is 2.30. The molecule has 0 radical (unpaired) electrons. The summed E-state index contributed by atoms with van der Waals surface area (Å²) in [6.07, 6.45) is 55.5. The van der Waals surface area contributed by atoms with E-state index < -0.39 is 86.8 Å². The fourth-order valence-electron chi connectivity index (χ4n) is 11.7. The predicted molar refractivity (Wildman–Crippen MR) is 346 cm³/mol. The van der Waals surface area contributed by atoms with Crippen molar-refractivity contribution in [3.63, 3.8) is 0 Å². The van der Waals surface area contributed by atoms with Crippen molar-refractivity contribution in [1.29, 1.82) is 0 Å². The van der Waals surface area contributed by atoms with Crippen LogP contribution in [0.15, 0.2) is 48.6 Å². The molecule has 9 N–H and O–H groups in total. The molecule has 498 valence electrons. The van der Waals surface area contributed by atoms with Crippen LogP contribution in [0.1, 0.15) is 303 Å². The van der Waals surface area contributed by atoms with Crippen LogP contribution in [0.25, 0.3) is 0 Å². The lowest BCUT2D eigenvalue weighted by Crippen LogP contribution is -2.65. The lowest BCUT2D eigenvalue weighted by atomic mass is 9.97. The number of ether oxygens (including phenoxy) is 4. The monoisotopic (exact) mass is 1210 g/mol. The molecule has 0 bridgehead atoms. The van der Waals surface area contributed by atoms with E-state index in [0.717, 1.165) is 83.5 Å². The summed E-state index contributed by atoms with van der Waals surface area (Å²) in [4.78, 5) is 13.4. The van der Waals surface area contributed by atoms with Crippen LogP contribution in [0, 0.1) is 0 Å². The summed E-state index contributed by atoms with van der Waals surface area (Å²) in [6, 6.07) is -0.833. The number of rotatable bonds is 58. The van der Waals surface area contributed by atoms with Crippen molar-refractivity contribution in [2.24, 2.45) is 0 Å². The quantitative estimate of drug-likeness (QED) is 0.0204. The highest BCUT2D eigenvalue weighted by atomic mass is 16.7. The van der Waals surface area contributed by atoms with Gasteiger partial charge in [0.15, 0.2) is 12.6 Å². The van der Waals surface area contributed by atoms with Gasteiger partial charge in [-0.2, -0.15) is 0 Å². The zero-order valence-electron chi connectivity index (χ0n) is 54.1. The second-order valence-corrected chi connectivity index (χ2v) is 25.0. The molecule has 12 atom stereocenters. The first-order valence-corrected chi connectivity index (χ1v) is 35.4. The van der Waals surface area contributed by atoms with Crippen LogP contribution in [0.2, 0.25) is 0 Å². The van der Waals surface area contributed by atoms with E-state index in [-0.39, 0.29) is 12.5 Å². The number of nitrogens with one attached hydrogen (secondary N) is 1. The fourth-order valence-corrected chi connectivity index (χ4v) is 11.7.